The van der Waals surface area contributed by atoms with E-state index < -0.39 is 14.7 Å². The van der Waals surface area contributed by atoms with Crippen molar-refractivity contribution in [3.63, 3.8) is 0 Å². The van der Waals surface area contributed by atoms with E-state index >= 15 is 0 Å². The van der Waals surface area contributed by atoms with Crippen LogP contribution < -0.4 is 11.1 Å². The summed E-state index contributed by atoms with van der Waals surface area (Å²) >= 11 is 0. The lowest BCUT2D eigenvalue weighted by Crippen LogP contribution is -2.46. The minimum Gasteiger partial charge on any atom is -0.374 e. The molecule has 118 valence electrons. The summed E-state index contributed by atoms with van der Waals surface area (Å²) in [7, 11) is -2.64. The minimum atomic E-state index is -2.64. The quantitative estimate of drug-likeness (QED) is 0.309. The zero-order valence-corrected chi connectivity index (χ0v) is 13.6. The number of amides is 2. The maximum Gasteiger partial charge on any atom is 0.500 e. The van der Waals surface area contributed by atoms with Gasteiger partial charge < -0.3 is 24.3 Å². The summed E-state index contributed by atoms with van der Waals surface area (Å²) in [5.41, 5.74) is 4.93. The molecule has 20 heavy (non-hydrogen) atoms. The van der Waals surface area contributed by atoms with Crippen LogP contribution in [0.3, 0.4) is 0 Å². The Labute approximate surface area is 121 Å². The van der Waals surface area contributed by atoms with Crippen LogP contribution in [0.4, 0.5) is 0 Å². The van der Waals surface area contributed by atoms with Crippen LogP contribution in [0.5, 0.6) is 0 Å². The van der Waals surface area contributed by atoms with Crippen molar-refractivity contribution in [2.24, 2.45) is 5.73 Å². The molecule has 0 saturated heterocycles. The lowest BCUT2D eigenvalue weighted by Gasteiger charge is -2.28. The molecule has 3 N–H and O–H groups in total. The first-order valence-corrected chi connectivity index (χ1v) is 8.89. The van der Waals surface area contributed by atoms with Crippen molar-refractivity contribution in [1.29, 1.82) is 0 Å². The fourth-order valence-corrected chi connectivity index (χ4v) is 4.37. The van der Waals surface area contributed by atoms with E-state index in [0.29, 0.717) is 38.8 Å². The van der Waals surface area contributed by atoms with Gasteiger partial charge in [-0.15, -0.1) is 0 Å². The average Bonchev–Trinajstić information content (AvgIpc) is 2.35. The molecule has 2 amide bonds. The summed E-state index contributed by atoms with van der Waals surface area (Å²) < 4.78 is 17.1. The summed E-state index contributed by atoms with van der Waals surface area (Å²) in [6, 6.07) is 0.624. The highest BCUT2D eigenvalue weighted by Crippen LogP contribution is 2.17. The normalized spacial score (nSPS) is 11.3. The molecule has 0 saturated carbocycles. The molecule has 8 heteroatoms. The summed E-state index contributed by atoms with van der Waals surface area (Å²) in [6.07, 6.45) is 0.377. The fraction of sp³-hybridized carbons (Fsp3) is 0.833. The highest BCUT2D eigenvalue weighted by Gasteiger charge is 2.39. The van der Waals surface area contributed by atoms with E-state index in [1.165, 1.54) is 0 Å². The molecule has 0 rings (SSSR count). The Hall–Kier alpha value is -0.963. The molecular formula is C12H26N2O5Si. The molecule has 0 fully saturated rings. The van der Waals surface area contributed by atoms with Crippen LogP contribution in [-0.2, 0) is 22.9 Å². The molecular weight excluding hydrogens is 280 g/mol. The third kappa shape index (κ3) is 8.26. The largest absolute Gasteiger partial charge is 0.500 e. The summed E-state index contributed by atoms with van der Waals surface area (Å²) in [4.78, 5) is 21.8. The molecule has 7 nitrogen and oxygen atoms in total. The van der Waals surface area contributed by atoms with Gasteiger partial charge >= 0.3 is 8.80 Å². The Morgan fingerprint density at radius 1 is 1.05 bits per heavy atom. The van der Waals surface area contributed by atoms with E-state index in [9.17, 15) is 9.59 Å². The molecule has 0 spiro atoms. The van der Waals surface area contributed by atoms with E-state index in [4.69, 9.17) is 19.0 Å². The van der Waals surface area contributed by atoms with E-state index in [-0.39, 0.29) is 12.3 Å². The van der Waals surface area contributed by atoms with Crippen molar-refractivity contribution in [2.75, 3.05) is 26.4 Å². The van der Waals surface area contributed by atoms with Gasteiger partial charge in [-0.25, -0.2) is 0 Å². The van der Waals surface area contributed by atoms with Gasteiger partial charge in [0.25, 0.3) is 0 Å². The molecule has 0 aliphatic carbocycles. The van der Waals surface area contributed by atoms with Gasteiger partial charge in [-0.3, -0.25) is 9.59 Å². The maximum atomic E-state index is 11.3. The number of nitrogens with one attached hydrogen (secondary N) is 1. The lowest BCUT2D eigenvalue weighted by molar-refractivity contribution is -0.127. The molecule has 0 bridgehead atoms. The van der Waals surface area contributed by atoms with Crippen LogP contribution in [0.2, 0.25) is 6.04 Å². The number of nitrogens with two attached hydrogens (primary N) is 1. The van der Waals surface area contributed by atoms with Crippen LogP contribution >= 0.6 is 0 Å². The van der Waals surface area contributed by atoms with Crippen molar-refractivity contribution in [3.05, 3.63) is 0 Å². The van der Waals surface area contributed by atoms with Gasteiger partial charge in [-0.2, -0.15) is 0 Å². The Morgan fingerprint density at radius 3 is 1.95 bits per heavy atom. The topological polar surface area (TPSA) is 99.9 Å². The first-order valence-electron chi connectivity index (χ1n) is 6.96. The highest BCUT2D eigenvalue weighted by molar-refractivity contribution is 6.60. The van der Waals surface area contributed by atoms with Crippen LogP contribution in [-0.4, -0.2) is 47.0 Å². The van der Waals surface area contributed by atoms with Crippen LogP contribution in [0.25, 0.3) is 0 Å². The molecule has 0 aromatic carbocycles. The Balaban J connectivity index is 4.18. The second-order valence-corrected chi connectivity index (χ2v) is 6.81. The smallest absolute Gasteiger partial charge is 0.374 e. The molecule has 0 aliphatic heterocycles. The van der Waals surface area contributed by atoms with E-state index in [1.807, 2.05) is 20.8 Å². The van der Waals surface area contributed by atoms with Crippen LogP contribution in [0, 0.1) is 0 Å². The fourth-order valence-electron chi connectivity index (χ4n) is 1.75. The third-order valence-electron chi connectivity index (χ3n) is 2.41. The van der Waals surface area contributed by atoms with Crippen molar-refractivity contribution in [1.82, 2.24) is 5.32 Å². The molecule has 0 heterocycles. The van der Waals surface area contributed by atoms with Crippen LogP contribution in [0.1, 0.15) is 33.6 Å². The number of carbonyl (C=O) groups excluding carboxylic acids is 2. The number of rotatable bonds is 12. The van der Waals surface area contributed by atoms with Gasteiger partial charge in [-0.1, -0.05) is 0 Å². The van der Waals surface area contributed by atoms with Gasteiger partial charge in [0.05, 0.1) is 0 Å². The second-order valence-electron chi connectivity index (χ2n) is 4.08. The summed E-state index contributed by atoms with van der Waals surface area (Å²) in [5, 5.41) is 2.63. The average molecular weight is 306 g/mol. The molecule has 0 atom stereocenters. The Morgan fingerprint density at radius 2 is 1.55 bits per heavy atom. The van der Waals surface area contributed by atoms with Gasteiger partial charge in [0.1, 0.15) is 6.42 Å². The predicted octanol–water partition coefficient (Wildman–Crippen LogP) is 0.417. The first-order chi connectivity index (χ1) is 9.49. The first kappa shape index (κ1) is 19.0. The van der Waals surface area contributed by atoms with Crippen molar-refractivity contribution >= 4 is 20.6 Å². The Bertz CT molecular complexity index is 285. The standard InChI is InChI=1S/C12H26N2O5Si/c1-4-17-20(18-5-2,19-6-3)9-7-8-14-12(16)10-11(13)15/h4-10H2,1-3H3,(H2,13,15)(H,14,16). The number of carbonyl (C=O) groups is 2. The lowest BCUT2D eigenvalue weighted by atomic mass is 10.4. The number of hydrogen-bond donors (Lipinski definition) is 2. The summed E-state index contributed by atoms with van der Waals surface area (Å²) in [6.45, 7) is 7.71. The van der Waals surface area contributed by atoms with Crippen molar-refractivity contribution < 1.29 is 22.9 Å². The Kier molecular flexibility index (Phi) is 10.3. The molecule has 0 unspecified atom stereocenters. The second kappa shape index (κ2) is 10.8. The third-order valence-corrected chi connectivity index (χ3v) is 5.56. The van der Waals surface area contributed by atoms with Gasteiger partial charge in [0, 0.05) is 32.4 Å². The molecule has 0 aromatic heterocycles. The monoisotopic (exact) mass is 306 g/mol. The number of primary amides is 1. The molecule has 0 aromatic rings. The van der Waals surface area contributed by atoms with Crippen molar-refractivity contribution in [2.45, 2.75) is 39.7 Å². The zero-order valence-electron chi connectivity index (χ0n) is 12.6. The maximum absolute atomic E-state index is 11.3. The summed E-state index contributed by atoms with van der Waals surface area (Å²) in [5.74, 6) is -1.00. The predicted molar refractivity (Wildman–Crippen MR) is 76.9 cm³/mol. The van der Waals surface area contributed by atoms with E-state index in [0.717, 1.165) is 0 Å². The number of hydrogen-bond acceptors (Lipinski definition) is 5. The van der Waals surface area contributed by atoms with E-state index in [2.05, 4.69) is 5.32 Å². The van der Waals surface area contributed by atoms with Crippen LogP contribution in [0.15, 0.2) is 0 Å². The van der Waals surface area contributed by atoms with Gasteiger partial charge in [0.15, 0.2) is 0 Å². The van der Waals surface area contributed by atoms with Gasteiger partial charge in [-0.05, 0) is 27.2 Å². The SMILES string of the molecule is CCO[Si](CCCNC(=O)CC(N)=O)(OCC)OCC. The highest BCUT2D eigenvalue weighted by atomic mass is 28.4. The van der Waals surface area contributed by atoms with Gasteiger partial charge in [0.2, 0.25) is 11.8 Å². The minimum absolute atomic E-state index is 0.287. The zero-order chi connectivity index (χ0) is 15.4. The molecule has 0 aliphatic rings. The molecule has 0 radical (unpaired) electrons. The van der Waals surface area contributed by atoms with Crippen molar-refractivity contribution in [3.8, 4) is 0 Å². The van der Waals surface area contributed by atoms with E-state index in [1.54, 1.807) is 0 Å².